The third-order valence-corrected chi connectivity index (χ3v) is 3.62. The van der Waals surface area contributed by atoms with Crippen molar-refractivity contribution >= 4 is 0 Å². The lowest BCUT2D eigenvalue weighted by Gasteiger charge is -2.30. The predicted molar refractivity (Wildman–Crippen MR) is 69.7 cm³/mol. The van der Waals surface area contributed by atoms with Crippen molar-refractivity contribution in [3.63, 3.8) is 0 Å². The van der Waals surface area contributed by atoms with Gasteiger partial charge in [-0.15, -0.1) is 0 Å². The summed E-state index contributed by atoms with van der Waals surface area (Å²) in [6, 6.07) is 0.603. The molecule has 0 saturated heterocycles. The van der Waals surface area contributed by atoms with Gasteiger partial charge in [-0.1, -0.05) is 25.7 Å². The van der Waals surface area contributed by atoms with E-state index in [2.05, 4.69) is 26.1 Å². The molecule has 0 aromatic heterocycles. The first-order valence-electron chi connectivity index (χ1n) is 6.80. The summed E-state index contributed by atoms with van der Waals surface area (Å²) in [6.07, 6.45) is 8.56. The second-order valence-electron chi connectivity index (χ2n) is 6.09. The van der Waals surface area contributed by atoms with E-state index in [-0.39, 0.29) is 5.54 Å². The van der Waals surface area contributed by atoms with Crippen LogP contribution < -0.4 is 5.32 Å². The van der Waals surface area contributed by atoms with Crippen molar-refractivity contribution in [2.75, 3.05) is 13.7 Å². The summed E-state index contributed by atoms with van der Waals surface area (Å²) in [7, 11) is 1.77. The van der Waals surface area contributed by atoms with E-state index >= 15 is 0 Å². The molecule has 0 heterocycles. The van der Waals surface area contributed by atoms with Crippen LogP contribution in [0.5, 0.6) is 0 Å². The largest absolute Gasteiger partial charge is 0.383 e. The average molecular weight is 227 g/mol. The van der Waals surface area contributed by atoms with Crippen molar-refractivity contribution < 1.29 is 4.74 Å². The molecule has 1 atom stereocenters. The summed E-state index contributed by atoms with van der Waals surface area (Å²) in [5.41, 5.74) is 0.101. The molecule has 1 fully saturated rings. The first kappa shape index (κ1) is 14.0. The maximum absolute atomic E-state index is 5.22. The second kappa shape index (κ2) is 6.61. The number of ether oxygens (including phenoxy) is 1. The molecule has 0 bridgehead atoms. The lowest BCUT2D eigenvalue weighted by atomic mass is 9.97. The Morgan fingerprint density at radius 1 is 1.31 bits per heavy atom. The minimum atomic E-state index is 0.101. The van der Waals surface area contributed by atoms with Gasteiger partial charge in [0.1, 0.15) is 0 Å². The third-order valence-electron chi connectivity index (χ3n) is 3.62. The van der Waals surface area contributed by atoms with Gasteiger partial charge in [-0.25, -0.2) is 0 Å². The highest BCUT2D eigenvalue weighted by atomic mass is 16.5. The van der Waals surface area contributed by atoms with Crippen molar-refractivity contribution in [2.24, 2.45) is 5.92 Å². The van der Waals surface area contributed by atoms with E-state index < -0.39 is 0 Å². The zero-order chi connectivity index (χ0) is 12.0. The molecule has 96 valence electrons. The molecule has 1 aliphatic carbocycles. The Hall–Kier alpha value is -0.0800. The molecule has 0 aliphatic heterocycles. The first-order valence-corrected chi connectivity index (χ1v) is 6.80. The van der Waals surface area contributed by atoms with E-state index in [1.54, 1.807) is 7.11 Å². The van der Waals surface area contributed by atoms with Crippen molar-refractivity contribution in [3.8, 4) is 0 Å². The van der Waals surface area contributed by atoms with Gasteiger partial charge in [0.2, 0.25) is 0 Å². The van der Waals surface area contributed by atoms with E-state index in [4.69, 9.17) is 4.74 Å². The topological polar surface area (TPSA) is 21.3 Å². The van der Waals surface area contributed by atoms with Crippen LogP contribution in [0.4, 0.5) is 0 Å². The standard InChI is InChI=1S/C14H29NO/c1-12(15-14(2,3)11-16-4)9-10-13-7-5-6-8-13/h12-13,15H,5-11H2,1-4H3. The summed E-state index contributed by atoms with van der Waals surface area (Å²) in [5, 5.41) is 3.66. The number of hydrogen-bond acceptors (Lipinski definition) is 2. The van der Waals surface area contributed by atoms with Crippen LogP contribution >= 0.6 is 0 Å². The normalized spacial score (nSPS) is 20.2. The Kier molecular flexibility index (Phi) is 5.77. The molecule has 0 aromatic rings. The van der Waals surface area contributed by atoms with Crippen LogP contribution in [0.15, 0.2) is 0 Å². The molecule has 0 radical (unpaired) electrons. The van der Waals surface area contributed by atoms with Gasteiger partial charge in [0, 0.05) is 18.7 Å². The molecule has 1 saturated carbocycles. The number of rotatable bonds is 7. The minimum Gasteiger partial charge on any atom is -0.383 e. The molecule has 16 heavy (non-hydrogen) atoms. The Labute approximate surface area is 101 Å². The van der Waals surface area contributed by atoms with E-state index in [1.807, 2.05) is 0 Å². The fourth-order valence-corrected chi connectivity index (χ4v) is 2.93. The molecule has 0 amide bonds. The number of hydrogen-bond donors (Lipinski definition) is 1. The van der Waals surface area contributed by atoms with E-state index in [0.29, 0.717) is 6.04 Å². The highest BCUT2D eigenvalue weighted by Gasteiger charge is 2.21. The van der Waals surface area contributed by atoms with Crippen LogP contribution in [-0.4, -0.2) is 25.3 Å². The lowest BCUT2D eigenvalue weighted by molar-refractivity contribution is 0.120. The van der Waals surface area contributed by atoms with Gasteiger partial charge in [0.25, 0.3) is 0 Å². The van der Waals surface area contributed by atoms with Gasteiger partial charge in [-0.05, 0) is 39.5 Å². The Bertz CT molecular complexity index is 185. The SMILES string of the molecule is COCC(C)(C)NC(C)CCC1CCCC1. The molecular formula is C14H29NO. The molecule has 1 N–H and O–H groups in total. The van der Waals surface area contributed by atoms with Gasteiger partial charge in [-0.2, -0.15) is 0 Å². The summed E-state index contributed by atoms with van der Waals surface area (Å²) < 4.78 is 5.22. The fraction of sp³-hybridized carbons (Fsp3) is 1.00. The summed E-state index contributed by atoms with van der Waals surface area (Å²) in [6.45, 7) is 7.50. The highest BCUT2D eigenvalue weighted by Crippen LogP contribution is 2.29. The Morgan fingerprint density at radius 2 is 1.94 bits per heavy atom. The highest BCUT2D eigenvalue weighted by molar-refractivity contribution is 4.81. The molecule has 2 nitrogen and oxygen atoms in total. The lowest BCUT2D eigenvalue weighted by Crippen LogP contribution is -2.48. The van der Waals surface area contributed by atoms with Crippen LogP contribution in [0.2, 0.25) is 0 Å². The maximum Gasteiger partial charge on any atom is 0.0639 e. The van der Waals surface area contributed by atoms with Crippen LogP contribution in [0, 0.1) is 5.92 Å². The summed E-state index contributed by atoms with van der Waals surface area (Å²) in [4.78, 5) is 0. The summed E-state index contributed by atoms with van der Waals surface area (Å²) >= 11 is 0. The number of nitrogens with one attached hydrogen (secondary N) is 1. The molecule has 0 aromatic carbocycles. The zero-order valence-corrected chi connectivity index (χ0v) is 11.5. The van der Waals surface area contributed by atoms with Crippen LogP contribution in [0.3, 0.4) is 0 Å². The van der Waals surface area contributed by atoms with Crippen LogP contribution in [0.1, 0.15) is 59.3 Å². The van der Waals surface area contributed by atoms with Crippen molar-refractivity contribution in [3.05, 3.63) is 0 Å². The fourth-order valence-electron chi connectivity index (χ4n) is 2.93. The first-order chi connectivity index (χ1) is 7.53. The van der Waals surface area contributed by atoms with E-state index in [9.17, 15) is 0 Å². The third kappa shape index (κ3) is 5.31. The average Bonchev–Trinajstić information content (AvgIpc) is 2.66. The monoisotopic (exact) mass is 227 g/mol. The molecule has 0 spiro atoms. The molecular weight excluding hydrogens is 198 g/mol. The Morgan fingerprint density at radius 3 is 2.50 bits per heavy atom. The zero-order valence-electron chi connectivity index (χ0n) is 11.5. The second-order valence-corrected chi connectivity index (χ2v) is 6.09. The van der Waals surface area contributed by atoms with Gasteiger partial charge < -0.3 is 10.1 Å². The van der Waals surface area contributed by atoms with Crippen molar-refractivity contribution in [1.29, 1.82) is 0 Å². The van der Waals surface area contributed by atoms with Crippen LogP contribution in [-0.2, 0) is 4.74 Å². The molecule has 2 heteroatoms. The van der Waals surface area contributed by atoms with Gasteiger partial charge >= 0.3 is 0 Å². The quantitative estimate of drug-likeness (QED) is 0.720. The minimum absolute atomic E-state index is 0.101. The molecule has 1 aliphatic rings. The smallest absolute Gasteiger partial charge is 0.0639 e. The van der Waals surface area contributed by atoms with Gasteiger partial charge in [-0.3, -0.25) is 0 Å². The van der Waals surface area contributed by atoms with E-state index in [0.717, 1.165) is 12.5 Å². The number of methoxy groups -OCH3 is 1. The Balaban J connectivity index is 2.16. The van der Waals surface area contributed by atoms with Crippen LogP contribution in [0.25, 0.3) is 0 Å². The van der Waals surface area contributed by atoms with Crippen molar-refractivity contribution in [1.82, 2.24) is 5.32 Å². The van der Waals surface area contributed by atoms with Crippen molar-refractivity contribution in [2.45, 2.75) is 70.9 Å². The van der Waals surface area contributed by atoms with E-state index in [1.165, 1.54) is 38.5 Å². The van der Waals surface area contributed by atoms with Gasteiger partial charge in [0.05, 0.1) is 6.61 Å². The molecule has 1 unspecified atom stereocenters. The molecule has 1 rings (SSSR count). The predicted octanol–water partition coefficient (Wildman–Crippen LogP) is 3.36. The summed E-state index contributed by atoms with van der Waals surface area (Å²) in [5.74, 6) is 1.01. The maximum atomic E-state index is 5.22. The van der Waals surface area contributed by atoms with Gasteiger partial charge in [0.15, 0.2) is 0 Å².